The van der Waals surface area contributed by atoms with Crippen molar-refractivity contribution in [3.8, 4) is 0 Å². The molecular formula is C4H5Br2F3. The lowest BCUT2D eigenvalue weighted by Gasteiger charge is -2.17. The molecule has 0 bridgehead atoms. The van der Waals surface area contributed by atoms with Gasteiger partial charge in [0.15, 0.2) is 6.17 Å². The molecule has 0 heterocycles. The first-order valence-corrected chi connectivity index (χ1v) is 3.74. The van der Waals surface area contributed by atoms with Crippen molar-refractivity contribution >= 4 is 31.9 Å². The van der Waals surface area contributed by atoms with E-state index in [2.05, 4.69) is 31.9 Å². The Balaban J connectivity index is 3.88. The highest BCUT2D eigenvalue weighted by atomic mass is 79.9. The van der Waals surface area contributed by atoms with Gasteiger partial charge in [-0.25, -0.2) is 13.2 Å². The van der Waals surface area contributed by atoms with E-state index in [0.717, 1.165) is 0 Å². The lowest BCUT2D eigenvalue weighted by atomic mass is 10.3. The second-order valence-corrected chi connectivity index (χ2v) is 6.05. The minimum absolute atomic E-state index is 1.28. The molecule has 0 aromatic carbocycles. The van der Waals surface area contributed by atoms with Gasteiger partial charge in [-0.1, -0.05) is 31.9 Å². The Morgan fingerprint density at radius 2 is 1.56 bits per heavy atom. The molecule has 0 fully saturated rings. The minimum Gasteiger partial charge on any atom is -0.239 e. The van der Waals surface area contributed by atoms with Crippen molar-refractivity contribution < 1.29 is 13.2 Å². The fraction of sp³-hybridized carbons (Fsp3) is 1.00. The zero-order valence-electron chi connectivity index (χ0n) is 4.54. The predicted octanol–water partition coefficient (Wildman–Crippen LogP) is 3.10. The maximum absolute atomic E-state index is 12.2. The summed E-state index contributed by atoms with van der Waals surface area (Å²) < 4.78 is 33.9. The number of hydrogen-bond donors (Lipinski definition) is 0. The fourth-order valence-corrected chi connectivity index (χ4v) is 0.621. The first-order chi connectivity index (χ1) is 3.85. The van der Waals surface area contributed by atoms with Crippen molar-refractivity contribution in [1.82, 2.24) is 0 Å². The summed E-state index contributed by atoms with van der Waals surface area (Å²) in [5, 5.41) is 0. The highest BCUT2D eigenvalue weighted by Crippen LogP contribution is 2.34. The summed E-state index contributed by atoms with van der Waals surface area (Å²) in [6.07, 6.45) is -5.13. The Labute approximate surface area is 68.1 Å². The van der Waals surface area contributed by atoms with Crippen LogP contribution in [0.25, 0.3) is 0 Å². The molecule has 1 unspecified atom stereocenters. The Morgan fingerprint density at radius 1 is 1.22 bits per heavy atom. The SMILES string of the molecule is CC(Br)(Br)C(F)C(F)F. The molecule has 0 N–H and O–H groups in total. The predicted molar refractivity (Wildman–Crippen MR) is 37.2 cm³/mol. The van der Waals surface area contributed by atoms with E-state index in [4.69, 9.17) is 0 Å². The zero-order chi connectivity index (χ0) is 7.65. The van der Waals surface area contributed by atoms with Gasteiger partial charge < -0.3 is 0 Å². The summed E-state index contributed by atoms with van der Waals surface area (Å²) in [6, 6.07) is 0. The number of halogens is 5. The van der Waals surface area contributed by atoms with Crippen LogP contribution in [0, 0.1) is 0 Å². The van der Waals surface area contributed by atoms with E-state index in [1.165, 1.54) is 6.92 Å². The lowest BCUT2D eigenvalue weighted by Crippen LogP contribution is -2.29. The van der Waals surface area contributed by atoms with Gasteiger partial charge in [-0.2, -0.15) is 0 Å². The monoisotopic (exact) mass is 268 g/mol. The van der Waals surface area contributed by atoms with Crippen LogP contribution in [-0.4, -0.2) is 15.8 Å². The van der Waals surface area contributed by atoms with Crippen LogP contribution in [0.5, 0.6) is 0 Å². The highest BCUT2D eigenvalue weighted by molar-refractivity contribution is 9.25. The first-order valence-electron chi connectivity index (χ1n) is 2.15. The third kappa shape index (κ3) is 3.45. The van der Waals surface area contributed by atoms with Crippen molar-refractivity contribution in [3.63, 3.8) is 0 Å². The molecule has 0 aromatic rings. The summed E-state index contributed by atoms with van der Waals surface area (Å²) in [5.74, 6) is 0. The fourth-order valence-electron chi connectivity index (χ4n) is 0.221. The molecular weight excluding hydrogens is 265 g/mol. The third-order valence-electron chi connectivity index (χ3n) is 0.705. The van der Waals surface area contributed by atoms with Crippen LogP contribution in [0.2, 0.25) is 0 Å². The standard InChI is InChI=1S/C4H5Br2F3/c1-4(5,6)2(7)3(8)9/h2-3H,1H3. The van der Waals surface area contributed by atoms with E-state index in [-0.39, 0.29) is 0 Å². The van der Waals surface area contributed by atoms with E-state index >= 15 is 0 Å². The molecule has 0 radical (unpaired) electrons. The maximum atomic E-state index is 12.2. The molecule has 0 rings (SSSR count). The van der Waals surface area contributed by atoms with Gasteiger partial charge in [0, 0.05) is 0 Å². The Hall–Kier alpha value is 0.750. The van der Waals surface area contributed by atoms with Crippen molar-refractivity contribution in [3.05, 3.63) is 0 Å². The van der Waals surface area contributed by atoms with E-state index < -0.39 is 15.8 Å². The smallest absolute Gasteiger partial charge is 0.239 e. The zero-order valence-corrected chi connectivity index (χ0v) is 7.72. The van der Waals surface area contributed by atoms with Crippen LogP contribution in [-0.2, 0) is 0 Å². The molecule has 5 heteroatoms. The molecule has 0 spiro atoms. The molecule has 0 nitrogen and oxygen atoms in total. The van der Waals surface area contributed by atoms with Crippen LogP contribution >= 0.6 is 31.9 Å². The second-order valence-electron chi connectivity index (χ2n) is 1.69. The topological polar surface area (TPSA) is 0 Å². The van der Waals surface area contributed by atoms with Crippen molar-refractivity contribution in [1.29, 1.82) is 0 Å². The van der Waals surface area contributed by atoms with Crippen LogP contribution in [0.15, 0.2) is 0 Å². The van der Waals surface area contributed by atoms with E-state index in [1.807, 2.05) is 0 Å². The normalized spacial score (nSPS) is 16.3. The van der Waals surface area contributed by atoms with Gasteiger partial charge >= 0.3 is 0 Å². The Morgan fingerprint density at radius 3 is 1.56 bits per heavy atom. The highest BCUT2D eigenvalue weighted by Gasteiger charge is 2.35. The minimum atomic E-state index is -2.95. The average molecular weight is 270 g/mol. The molecule has 0 saturated carbocycles. The van der Waals surface area contributed by atoms with Crippen LogP contribution in [0.1, 0.15) is 6.92 Å². The number of hydrogen-bond acceptors (Lipinski definition) is 0. The second kappa shape index (κ2) is 3.23. The van der Waals surface area contributed by atoms with Gasteiger partial charge in [-0.15, -0.1) is 0 Å². The van der Waals surface area contributed by atoms with Crippen LogP contribution < -0.4 is 0 Å². The van der Waals surface area contributed by atoms with Crippen LogP contribution in [0.3, 0.4) is 0 Å². The maximum Gasteiger partial charge on any atom is 0.271 e. The number of rotatable bonds is 2. The van der Waals surface area contributed by atoms with Crippen LogP contribution in [0.4, 0.5) is 13.2 Å². The Kier molecular flexibility index (Phi) is 3.50. The summed E-state index contributed by atoms with van der Waals surface area (Å²) in [6.45, 7) is 1.28. The lowest BCUT2D eigenvalue weighted by molar-refractivity contribution is 0.0483. The summed E-state index contributed by atoms with van der Waals surface area (Å²) in [5.41, 5.74) is 0. The first kappa shape index (κ1) is 9.75. The average Bonchev–Trinajstić information content (AvgIpc) is 1.62. The molecule has 0 saturated heterocycles. The van der Waals surface area contributed by atoms with Gasteiger partial charge in [0.05, 0.1) is 0 Å². The van der Waals surface area contributed by atoms with Gasteiger partial charge in [0.2, 0.25) is 0 Å². The Bertz CT molecular complexity index is 88.3. The van der Waals surface area contributed by atoms with E-state index in [0.29, 0.717) is 0 Å². The number of alkyl halides is 5. The quantitative estimate of drug-likeness (QED) is 0.676. The molecule has 0 aliphatic rings. The molecule has 0 aliphatic heterocycles. The molecule has 56 valence electrons. The molecule has 0 aliphatic carbocycles. The largest absolute Gasteiger partial charge is 0.271 e. The summed E-state index contributed by atoms with van der Waals surface area (Å²) in [4.78, 5) is 0. The van der Waals surface area contributed by atoms with Gasteiger partial charge in [-0.05, 0) is 6.92 Å². The van der Waals surface area contributed by atoms with E-state index in [1.54, 1.807) is 0 Å². The summed E-state index contributed by atoms with van der Waals surface area (Å²) in [7, 11) is 0. The molecule has 1 atom stereocenters. The van der Waals surface area contributed by atoms with Gasteiger partial charge in [-0.3, -0.25) is 0 Å². The van der Waals surface area contributed by atoms with Crippen molar-refractivity contribution in [2.45, 2.75) is 22.8 Å². The van der Waals surface area contributed by atoms with Gasteiger partial charge in [0.25, 0.3) is 6.43 Å². The van der Waals surface area contributed by atoms with Gasteiger partial charge in [0.1, 0.15) is 3.23 Å². The van der Waals surface area contributed by atoms with E-state index in [9.17, 15) is 13.2 Å². The van der Waals surface area contributed by atoms with Crippen molar-refractivity contribution in [2.75, 3.05) is 0 Å². The summed E-state index contributed by atoms with van der Waals surface area (Å²) >= 11 is 5.41. The molecule has 9 heavy (non-hydrogen) atoms. The molecule has 0 amide bonds. The third-order valence-corrected chi connectivity index (χ3v) is 1.58. The van der Waals surface area contributed by atoms with Crippen molar-refractivity contribution in [2.24, 2.45) is 0 Å². The molecule has 0 aromatic heterocycles.